The van der Waals surface area contributed by atoms with Gasteiger partial charge in [-0.3, -0.25) is 4.79 Å². The Bertz CT molecular complexity index is 1540. The molecule has 10 heteroatoms. The summed E-state index contributed by atoms with van der Waals surface area (Å²) in [5.41, 5.74) is 3.46. The average molecular weight is 600 g/mol. The number of hydrogen-bond acceptors (Lipinski definition) is 8. The monoisotopic (exact) mass is 599 g/mol. The van der Waals surface area contributed by atoms with Crippen molar-refractivity contribution in [1.29, 1.82) is 0 Å². The van der Waals surface area contributed by atoms with Crippen LogP contribution in [0.5, 0.6) is 5.75 Å². The molecule has 5 atom stereocenters. The number of carbonyl (C=O) groups excluding carboxylic acids is 1. The summed E-state index contributed by atoms with van der Waals surface area (Å²) in [6.07, 6.45) is 6.26. The van der Waals surface area contributed by atoms with E-state index in [4.69, 9.17) is 4.74 Å². The van der Waals surface area contributed by atoms with Gasteiger partial charge in [-0.15, -0.1) is 0 Å². The van der Waals surface area contributed by atoms with E-state index in [2.05, 4.69) is 74.0 Å². The highest BCUT2D eigenvalue weighted by Gasteiger charge is 2.56. The highest BCUT2D eigenvalue weighted by atomic mass is 19.1. The smallest absolute Gasteiger partial charge is 0.229 e. The van der Waals surface area contributed by atoms with Crippen LogP contribution in [-0.2, 0) is 4.79 Å². The molecule has 1 aromatic heterocycles. The molecule has 1 aliphatic heterocycles. The number of piperazine rings is 1. The average Bonchev–Trinajstić information content (AvgIpc) is 3.60. The van der Waals surface area contributed by atoms with E-state index in [9.17, 15) is 4.79 Å². The minimum atomic E-state index is -0.726. The number of halogens is 1. The first-order valence-corrected chi connectivity index (χ1v) is 15.4. The Morgan fingerprint density at radius 2 is 1.86 bits per heavy atom. The molecule has 3 aromatic rings. The van der Waals surface area contributed by atoms with Crippen molar-refractivity contribution in [2.45, 2.75) is 38.8 Å². The van der Waals surface area contributed by atoms with Crippen LogP contribution in [0, 0.1) is 30.5 Å². The lowest BCUT2D eigenvalue weighted by molar-refractivity contribution is -0.127. The Morgan fingerprint density at radius 1 is 1.11 bits per heavy atom. The van der Waals surface area contributed by atoms with Crippen molar-refractivity contribution < 1.29 is 13.9 Å². The predicted molar refractivity (Wildman–Crippen MR) is 172 cm³/mol. The maximum atomic E-state index is 15.2. The molecule has 3 aliphatic rings. The minimum absolute atomic E-state index is 0.0601. The molecular weight excluding hydrogens is 557 g/mol. The molecule has 44 heavy (non-hydrogen) atoms. The second kappa shape index (κ2) is 12.1. The number of likely N-dealkylation sites (N-methyl/N-ethyl adjacent to an activating group) is 1. The van der Waals surface area contributed by atoms with Crippen LogP contribution in [0.25, 0.3) is 0 Å². The topological polar surface area (TPSA) is 94.6 Å². The van der Waals surface area contributed by atoms with Gasteiger partial charge in [-0.05, 0) is 81.6 Å². The third-order valence-electron chi connectivity index (χ3n) is 9.65. The van der Waals surface area contributed by atoms with Crippen LogP contribution in [0.15, 0.2) is 60.8 Å². The zero-order valence-electron chi connectivity index (χ0n) is 26.1. The Labute approximate surface area is 258 Å². The lowest BCUT2D eigenvalue weighted by atomic mass is 9.76. The molecule has 0 radical (unpaired) electrons. The molecule has 9 nitrogen and oxygen atoms in total. The van der Waals surface area contributed by atoms with Gasteiger partial charge in [0.1, 0.15) is 5.75 Å². The summed E-state index contributed by atoms with van der Waals surface area (Å²) in [5, 5.41) is 9.81. The van der Waals surface area contributed by atoms with Crippen LogP contribution in [0.4, 0.5) is 27.5 Å². The first kappa shape index (κ1) is 29.9. The molecule has 1 saturated heterocycles. The SMILES string of the molecule is COc1ccc(C(C)NC(=O)[C@@H]2[C@H]3C=C[C@H](C3)[C@@]2(C)Nc2nc(Nc3ccc(N4CCN(C)CC4)c(C)c3)ncc2F)cc1. The van der Waals surface area contributed by atoms with Crippen LogP contribution >= 0.6 is 0 Å². The van der Waals surface area contributed by atoms with Crippen molar-refractivity contribution in [3.05, 3.63) is 77.8 Å². The fourth-order valence-corrected chi connectivity index (χ4v) is 7.05. The van der Waals surface area contributed by atoms with Gasteiger partial charge in [-0.25, -0.2) is 9.37 Å². The third-order valence-corrected chi connectivity index (χ3v) is 9.65. The van der Waals surface area contributed by atoms with Crippen LogP contribution < -0.4 is 25.6 Å². The number of benzene rings is 2. The summed E-state index contributed by atoms with van der Waals surface area (Å²) in [6, 6.07) is 13.7. The fraction of sp³-hybridized carbons (Fsp3) is 0.441. The fourth-order valence-electron chi connectivity index (χ4n) is 7.05. The van der Waals surface area contributed by atoms with Crippen LogP contribution in [0.3, 0.4) is 0 Å². The van der Waals surface area contributed by atoms with Crippen molar-refractivity contribution in [2.24, 2.45) is 17.8 Å². The normalized spacial score (nSPS) is 25.1. The second-order valence-corrected chi connectivity index (χ2v) is 12.6. The third kappa shape index (κ3) is 5.83. The number of methoxy groups -OCH3 is 1. The number of allylic oxidation sites excluding steroid dienone is 1. The lowest BCUT2D eigenvalue weighted by Crippen LogP contribution is -2.53. The van der Waals surface area contributed by atoms with Gasteiger partial charge in [0, 0.05) is 43.5 Å². The maximum absolute atomic E-state index is 15.2. The molecule has 2 aliphatic carbocycles. The van der Waals surface area contributed by atoms with E-state index in [0.717, 1.165) is 55.2 Å². The summed E-state index contributed by atoms with van der Waals surface area (Å²) in [7, 11) is 3.78. The summed E-state index contributed by atoms with van der Waals surface area (Å²) in [4.78, 5) is 27.3. The van der Waals surface area contributed by atoms with E-state index in [-0.39, 0.29) is 35.6 Å². The molecule has 2 bridgehead atoms. The second-order valence-electron chi connectivity index (χ2n) is 12.6. The zero-order valence-corrected chi connectivity index (χ0v) is 26.1. The number of aromatic nitrogens is 2. The molecule has 3 N–H and O–H groups in total. The summed E-state index contributed by atoms with van der Waals surface area (Å²) in [5.74, 6) is 0.240. The number of amides is 1. The van der Waals surface area contributed by atoms with Crippen molar-refractivity contribution in [1.82, 2.24) is 20.2 Å². The van der Waals surface area contributed by atoms with Crippen LogP contribution in [0.2, 0.25) is 0 Å². The number of rotatable bonds is 9. The Balaban J connectivity index is 1.17. The summed E-state index contributed by atoms with van der Waals surface area (Å²) >= 11 is 0. The molecule has 1 amide bonds. The van der Waals surface area contributed by atoms with Gasteiger partial charge < -0.3 is 30.5 Å². The van der Waals surface area contributed by atoms with E-state index in [1.807, 2.05) is 44.2 Å². The van der Waals surface area contributed by atoms with E-state index >= 15 is 4.39 Å². The van der Waals surface area contributed by atoms with Crippen molar-refractivity contribution in [3.63, 3.8) is 0 Å². The quantitative estimate of drug-likeness (QED) is 0.286. The van der Waals surface area contributed by atoms with Crippen LogP contribution in [-0.4, -0.2) is 66.7 Å². The minimum Gasteiger partial charge on any atom is -0.497 e. The molecule has 1 saturated carbocycles. The molecule has 2 fully saturated rings. The van der Waals surface area contributed by atoms with Gasteiger partial charge in [-0.1, -0.05) is 24.3 Å². The Hall–Kier alpha value is -4.18. The first-order chi connectivity index (χ1) is 21.1. The van der Waals surface area contributed by atoms with E-state index in [1.54, 1.807) is 7.11 Å². The Morgan fingerprint density at radius 3 is 2.57 bits per heavy atom. The molecule has 0 spiro atoms. The molecule has 1 unspecified atom stereocenters. The molecule has 2 aromatic carbocycles. The lowest BCUT2D eigenvalue weighted by Gasteiger charge is -2.39. The van der Waals surface area contributed by atoms with Gasteiger partial charge in [0.25, 0.3) is 0 Å². The number of hydrogen-bond donors (Lipinski definition) is 3. The number of fused-ring (bicyclic) bond motifs is 2. The zero-order chi connectivity index (χ0) is 31.0. The van der Waals surface area contributed by atoms with Gasteiger partial charge in [0.2, 0.25) is 11.9 Å². The highest BCUT2D eigenvalue weighted by molar-refractivity contribution is 5.83. The van der Waals surface area contributed by atoms with Crippen LogP contribution in [0.1, 0.15) is 37.4 Å². The van der Waals surface area contributed by atoms with Gasteiger partial charge in [0.15, 0.2) is 11.6 Å². The molecule has 232 valence electrons. The van der Waals surface area contributed by atoms with Crippen molar-refractivity contribution in [2.75, 3.05) is 55.9 Å². The number of nitrogens with zero attached hydrogens (tertiary/aromatic N) is 4. The molecule has 2 heterocycles. The largest absolute Gasteiger partial charge is 0.497 e. The standard InChI is InChI=1S/C34H42FN7O2/c1-21-18-26(10-13-29(21)42-16-14-41(4)15-17-42)38-33-36-20-28(35)31(39-33)40-34(3)25-9-6-24(19-25)30(34)32(43)37-22(2)23-7-11-27(44-5)12-8-23/h6-13,18,20,22,24-25,30H,14-17,19H2,1-5H3,(H,37,43)(H2,36,38,39,40)/t22?,24-,25+,30-,34+/m0/s1. The van der Waals surface area contributed by atoms with Crippen molar-refractivity contribution >= 4 is 29.0 Å². The Kier molecular flexibility index (Phi) is 8.20. The van der Waals surface area contributed by atoms with Gasteiger partial charge >= 0.3 is 0 Å². The molecular formula is C34H42FN7O2. The number of nitrogens with one attached hydrogen (secondary N) is 3. The molecule has 6 rings (SSSR count). The van der Waals surface area contributed by atoms with Gasteiger partial charge in [0.05, 0.1) is 30.8 Å². The highest BCUT2D eigenvalue weighted by Crippen LogP contribution is 2.52. The predicted octanol–water partition coefficient (Wildman–Crippen LogP) is 5.30. The van der Waals surface area contributed by atoms with E-state index < -0.39 is 17.3 Å². The summed E-state index contributed by atoms with van der Waals surface area (Å²) < 4.78 is 20.5. The number of ether oxygens (including phenoxy) is 1. The van der Waals surface area contributed by atoms with Crippen molar-refractivity contribution in [3.8, 4) is 5.75 Å². The summed E-state index contributed by atoms with van der Waals surface area (Å²) in [6.45, 7) is 10.1. The van der Waals surface area contributed by atoms with E-state index in [1.165, 1.54) is 11.9 Å². The first-order valence-electron chi connectivity index (χ1n) is 15.4. The maximum Gasteiger partial charge on any atom is 0.229 e. The number of anilines is 4. The number of aryl methyl sites for hydroxylation is 1. The van der Waals surface area contributed by atoms with E-state index in [0.29, 0.717) is 0 Å². The number of carbonyl (C=O) groups is 1. The van der Waals surface area contributed by atoms with Gasteiger partial charge in [-0.2, -0.15) is 4.98 Å².